The van der Waals surface area contributed by atoms with Gasteiger partial charge in [0, 0.05) is 5.70 Å². The summed E-state index contributed by atoms with van der Waals surface area (Å²) in [6.45, 7) is 4.65. The number of hydrogen-bond donors (Lipinski definition) is 1. The van der Waals surface area contributed by atoms with E-state index in [4.69, 9.17) is 9.73 Å². The van der Waals surface area contributed by atoms with E-state index in [0.717, 1.165) is 23.6 Å². The van der Waals surface area contributed by atoms with Gasteiger partial charge in [-0.1, -0.05) is 44.9 Å². The number of nitrogens with one attached hydrogen (secondary N) is 1. The first-order valence-corrected chi connectivity index (χ1v) is 10.0. The summed E-state index contributed by atoms with van der Waals surface area (Å²) in [5, 5.41) is 4.50. The molecule has 1 fully saturated rings. The summed E-state index contributed by atoms with van der Waals surface area (Å²) in [4.78, 5) is 15.2. The molecule has 1 aromatic rings. The monoisotopic (exact) mass is 474 g/mol. The highest BCUT2D eigenvalue weighted by atomic mass is 79.9. The van der Waals surface area contributed by atoms with E-state index in [0.29, 0.717) is 11.9 Å². The molecule has 158 valence electrons. The Bertz CT molecular complexity index is 749. The minimum atomic E-state index is 0. The van der Waals surface area contributed by atoms with E-state index in [1.165, 1.54) is 48.4 Å². The van der Waals surface area contributed by atoms with Gasteiger partial charge >= 0.3 is 0 Å². The summed E-state index contributed by atoms with van der Waals surface area (Å²) < 4.78 is 5.41. The summed E-state index contributed by atoms with van der Waals surface area (Å²) in [6.07, 6.45) is 10.1. The lowest BCUT2D eigenvalue weighted by Crippen LogP contribution is -2.30. The van der Waals surface area contributed by atoms with E-state index >= 15 is 0 Å². The zero-order chi connectivity index (χ0) is 17.4. The van der Waals surface area contributed by atoms with E-state index in [2.05, 4.69) is 29.1 Å². The van der Waals surface area contributed by atoms with Crippen LogP contribution in [0.4, 0.5) is 5.69 Å². The topological polar surface area (TPSA) is 122 Å². The number of thioether (sulfide) groups is 1. The zero-order valence-electron chi connectivity index (χ0n) is 16.7. The first-order chi connectivity index (χ1) is 12.1. The van der Waals surface area contributed by atoms with E-state index < -0.39 is 0 Å². The van der Waals surface area contributed by atoms with Gasteiger partial charge in [0.25, 0.3) is 0 Å². The van der Waals surface area contributed by atoms with Gasteiger partial charge in [-0.15, -0.1) is 17.0 Å². The number of aliphatic imine (C=N–C) groups is 1. The summed E-state index contributed by atoms with van der Waals surface area (Å²) in [5.41, 5.74) is 3.61. The second-order valence-electron chi connectivity index (χ2n) is 7.98. The summed E-state index contributed by atoms with van der Waals surface area (Å²) in [7, 11) is 1.65. The van der Waals surface area contributed by atoms with Gasteiger partial charge in [0.2, 0.25) is 5.88 Å². The molecule has 2 heterocycles. The molecule has 0 amide bonds. The van der Waals surface area contributed by atoms with Crippen LogP contribution in [0.15, 0.2) is 26.9 Å². The third-order valence-electron chi connectivity index (χ3n) is 5.20. The van der Waals surface area contributed by atoms with Gasteiger partial charge in [-0.25, -0.2) is 4.98 Å². The Kier molecular flexibility index (Phi) is 8.92. The maximum absolute atomic E-state index is 5.41. The number of anilines is 1. The van der Waals surface area contributed by atoms with Crippen LogP contribution in [0.1, 0.15) is 58.8 Å². The van der Waals surface area contributed by atoms with Crippen molar-refractivity contribution in [2.24, 2.45) is 10.4 Å². The van der Waals surface area contributed by atoms with Crippen LogP contribution in [-0.4, -0.2) is 39.8 Å². The number of methoxy groups -OCH3 is 1. The van der Waals surface area contributed by atoms with E-state index in [1.807, 2.05) is 0 Å². The molecule has 0 bridgehead atoms. The third kappa shape index (κ3) is 5.06. The van der Waals surface area contributed by atoms with Gasteiger partial charge in [0.15, 0.2) is 0 Å². The fourth-order valence-corrected chi connectivity index (χ4v) is 5.05. The maximum atomic E-state index is 5.41. The molecule has 1 saturated carbocycles. The van der Waals surface area contributed by atoms with Crippen molar-refractivity contribution < 1.29 is 15.7 Å². The minimum Gasteiger partial charge on any atom is -0.479 e. The van der Waals surface area contributed by atoms with Gasteiger partial charge in [-0.05, 0) is 31.1 Å². The van der Waals surface area contributed by atoms with Crippen molar-refractivity contribution in [1.29, 1.82) is 0 Å². The summed E-state index contributed by atoms with van der Waals surface area (Å²) in [5.74, 6) is 0.609. The van der Waals surface area contributed by atoms with Crippen LogP contribution in [0.5, 0.6) is 5.88 Å². The first-order valence-electron chi connectivity index (χ1n) is 9.20. The second kappa shape index (κ2) is 10.0. The molecule has 1 aliphatic heterocycles. The van der Waals surface area contributed by atoms with Crippen molar-refractivity contribution in [2.45, 2.75) is 69.9 Å². The van der Waals surface area contributed by atoms with Gasteiger partial charge in [-0.2, -0.15) is 4.98 Å². The molecule has 2 aliphatic carbocycles. The molecule has 3 aliphatic rings. The molecule has 0 atom stereocenters. The predicted molar refractivity (Wildman–Crippen MR) is 120 cm³/mol. The van der Waals surface area contributed by atoms with Crippen molar-refractivity contribution in [3.05, 3.63) is 16.9 Å². The number of ether oxygens (including phenoxy) is 1. The van der Waals surface area contributed by atoms with Gasteiger partial charge in [0.1, 0.15) is 17.0 Å². The molecule has 0 radical (unpaired) electrons. The maximum Gasteiger partial charge on any atom is 0.241 e. The molecule has 0 unspecified atom stereocenters. The molecule has 7 nitrogen and oxygen atoms in total. The Labute approximate surface area is 181 Å². The molecule has 9 heteroatoms. The Morgan fingerprint density at radius 2 is 1.86 bits per heavy atom. The van der Waals surface area contributed by atoms with Gasteiger partial charge in [0.05, 0.1) is 23.8 Å². The van der Waals surface area contributed by atoms with Crippen LogP contribution in [-0.2, 0) is 0 Å². The quantitative estimate of drug-likeness (QED) is 0.653. The number of aromatic nitrogens is 2. The fourth-order valence-electron chi connectivity index (χ4n) is 4.03. The molecule has 28 heavy (non-hydrogen) atoms. The van der Waals surface area contributed by atoms with Crippen molar-refractivity contribution in [2.75, 3.05) is 12.4 Å². The lowest BCUT2D eigenvalue weighted by molar-refractivity contribution is 0.369. The highest BCUT2D eigenvalue weighted by Crippen LogP contribution is 2.49. The van der Waals surface area contributed by atoms with Crippen LogP contribution in [0, 0.1) is 5.41 Å². The van der Waals surface area contributed by atoms with Gasteiger partial charge in [-0.3, -0.25) is 4.99 Å². The lowest BCUT2D eigenvalue weighted by Gasteiger charge is -2.37. The van der Waals surface area contributed by atoms with Crippen molar-refractivity contribution in [3.63, 3.8) is 0 Å². The Morgan fingerprint density at radius 1 is 1.14 bits per heavy atom. The van der Waals surface area contributed by atoms with Crippen LogP contribution in [0.2, 0.25) is 0 Å². The lowest BCUT2D eigenvalue weighted by atomic mass is 9.78. The van der Waals surface area contributed by atoms with Crippen molar-refractivity contribution in [3.8, 4) is 5.88 Å². The average molecular weight is 475 g/mol. The minimum absolute atomic E-state index is 0. The standard InChI is InChI=1S/C19H26N4OS.BrH.2H2O/c1-19(2)9-13(22-12-7-5-4-6-8-12)16-14(10-19)23-15-17(24-3)20-11-21-18(15)25-16;;;/h11-12,23H,4-10H2,1-3H3;1H;2*1H2. The fraction of sp³-hybridized carbons (Fsp3) is 0.632. The first kappa shape index (κ1) is 24.9. The van der Waals surface area contributed by atoms with Crippen molar-refractivity contribution in [1.82, 2.24) is 9.97 Å². The van der Waals surface area contributed by atoms with Crippen molar-refractivity contribution >= 4 is 40.1 Å². The third-order valence-corrected chi connectivity index (χ3v) is 6.39. The summed E-state index contributed by atoms with van der Waals surface area (Å²) in [6, 6.07) is 0.494. The van der Waals surface area contributed by atoms with Crippen LogP contribution in [0.3, 0.4) is 0 Å². The molecule has 0 spiro atoms. The number of allylic oxidation sites excluding steroid dienone is 2. The van der Waals surface area contributed by atoms with Crippen LogP contribution >= 0.6 is 28.7 Å². The van der Waals surface area contributed by atoms with Crippen LogP contribution in [0.25, 0.3) is 0 Å². The Hall–Kier alpha value is -1.16. The van der Waals surface area contributed by atoms with E-state index in [1.54, 1.807) is 25.2 Å². The zero-order valence-corrected chi connectivity index (χ0v) is 19.2. The highest BCUT2D eigenvalue weighted by Gasteiger charge is 2.36. The van der Waals surface area contributed by atoms with Gasteiger partial charge < -0.3 is 21.0 Å². The molecule has 4 rings (SSSR count). The molecular weight excluding hydrogens is 444 g/mol. The molecule has 0 aromatic carbocycles. The largest absolute Gasteiger partial charge is 0.479 e. The molecule has 5 N–H and O–H groups in total. The Balaban J connectivity index is 0.00000131. The molecule has 1 aromatic heterocycles. The van der Waals surface area contributed by atoms with E-state index in [-0.39, 0.29) is 33.3 Å². The van der Waals surface area contributed by atoms with Crippen LogP contribution < -0.4 is 10.1 Å². The number of rotatable bonds is 2. The normalized spacial score (nSPS) is 21.9. The predicted octanol–water partition coefficient (Wildman–Crippen LogP) is 3.74. The molecular formula is C19H31BrN4O3S. The number of hydrogen-bond acceptors (Lipinski definition) is 6. The summed E-state index contributed by atoms with van der Waals surface area (Å²) >= 11 is 1.72. The number of fused-ring (bicyclic) bond motifs is 1. The second-order valence-corrected chi connectivity index (χ2v) is 8.98. The average Bonchev–Trinajstić information content (AvgIpc) is 2.60. The Morgan fingerprint density at radius 3 is 2.54 bits per heavy atom. The smallest absolute Gasteiger partial charge is 0.241 e. The number of halogens is 1. The SMILES string of the molecule is Br.COc1ncnc2c1NC1=C(S2)C(=NC2CCCCC2)CC(C)(C)C1.O.O. The number of nitrogens with zero attached hydrogens (tertiary/aromatic N) is 3. The van der Waals surface area contributed by atoms with E-state index in [9.17, 15) is 0 Å². The highest BCUT2D eigenvalue weighted by molar-refractivity contribution is 8.93. The molecule has 0 saturated heterocycles.